The third kappa shape index (κ3) is 4.16. The summed E-state index contributed by atoms with van der Waals surface area (Å²) in [5, 5.41) is 21.7. The molecule has 0 unspecified atom stereocenters. The number of thiazole rings is 1. The Hall–Kier alpha value is -3.71. The van der Waals surface area contributed by atoms with Gasteiger partial charge in [-0.1, -0.05) is 24.3 Å². The van der Waals surface area contributed by atoms with Gasteiger partial charge in [-0.3, -0.25) is 0 Å². The van der Waals surface area contributed by atoms with Crippen molar-refractivity contribution in [1.82, 2.24) is 20.4 Å². The van der Waals surface area contributed by atoms with Crippen molar-refractivity contribution in [3.05, 3.63) is 70.9 Å². The number of aromatic amines is 1. The van der Waals surface area contributed by atoms with E-state index in [1.165, 1.54) is 23.5 Å². The molecule has 0 fully saturated rings. The van der Waals surface area contributed by atoms with E-state index in [0.29, 0.717) is 33.3 Å². The van der Waals surface area contributed by atoms with Crippen LogP contribution in [0.3, 0.4) is 0 Å². The highest BCUT2D eigenvalue weighted by molar-refractivity contribution is 7.13. The van der Waals surface area contributed by atoms with E-state index in [-0.39, 0.29) is 12.3 Å². The first kappa shape index (κ1) is 19.6. The molecule has 150 valence electrons. The molecule has 2 aromatic heterocycles. The smallest absolute Gasteiger partial charge is 0.416 e. The average molecular weight is 427 g/mol. The molecule has 2 aromatic carbocycles. The van der Waals surface area contributed by atoms with Gasteiger partial charge in [0.2, 0.25) is 0 Å². The van der Waals surface area contributed by atoms with Crippen LogP contribution in [0.4, 0.5) is 13.2 Å². The summed E-state index contributed by atoms with van der Waals surface area (Å²) in [6.07, 6.45) is -4.37. The van der Waals surface area contributed by atoms with E-state index < -0.39 is 11.7 Å². The van der Waals surface area contributed by atoms with Crippen molar-refractivity contribution in [2.24, 2.45) is 0 Å². The molecule has 0 radical (unpaired) electrons. The molecule has 0 atom stereocenters. The summed E-state index contributed by atoms with van der Waals surface area (Å²) in [4.78, 5) is 4.43. The van der Waals surface area contributed by atoms with Crippen LogP contribution in [0.2, 0.25) is 0 Å². The minimum atomic E-state index is -4.37. The lowest BCUT2D eigenvalue weighted by atomic mass is 10.1. The van der Waals surface area contributed by atoms with Crippen LogP contribution in [0.15, 0.2) is 53.9 Å². The fraction of sp³-hybridized carbons (Fsp3) is 0.100. The molecule has 0 aliphatic heterocycles. The Balaban J connectivity index is 1.45. The number of ether oxygens (including phenoxy) is 1. The predicted molar refractivity (Wildman–Crippen MR) is 103 cm³/mol. The minimum Gasteiger partial charge on any atom is -0.487 e. The largest absolute Gasteiger partial charge is 0.487 e. The Kier molecular flexibility index (Phi) is 5.20. The fourth-order valence-electron chi connectivity index (χ4n) is 2.71. The normalized spacial score (nSPS) is 11.3. The molecule has 1 N–H and O–H groups in total. The van der Waals surface area contributed by atoms with Crippen LogP contribution in [0, 0.1) is 11.3 Å². The third-order valence-electron chi connectivity index (χ3n) is 4.16. The van der Waals surface area contributed by atoms with Gasteiger partial charge in [-0.05, 0) is 24.3 Å². The Morgan fingerprint density at radius 3 is 2.60 bits per heavy atom. The highest BCUT2D eigenvalue weighted by Gasteiger charge is 2.30. The summed E-state index contributed by atoms with van der Waals surface area (Å²) < 4.78 is 43.9. The van der Waals surface area contributed by atoms with Crippen LogP contribution in [0.1, 0.15) is 17.0 Å². The number of rotatable bonds is 5. The Morgan fingerprint density at radius 1 is 1.07 bits per heavy atom. The standard InChI is InChI=1S/C20H12F3N5OS/c21-20(22,23)14-6-4-12(5-7-14)19-25-15(11-30-19)10-29-16-3-1-2-13(8-16)18-17(9-24)26-28-27-18/h1-8,11H,10H2,(H,26,27,28). The zero-order chi connectivity index (χ0) is 21.1. The van der Waals surface area contributed by atoms with Gasteiger partial charge >= 0.3 is 6.18 Å². The summed E-state index contributed by atoms with van der Waals surface area (Å²) in [6, 6.07) is 13.9. The van der Waals surface area contributed by atoms with Gasteiger partial charge < -0.3 is 4.74 Å². The highest BCUT2D eigenvalue weighted by Crippen LogP contribution is 2.32. The van der Waals surface area contributed by atoms with E-state index in [2.05, 4.69) is 20.4 Å². The second-order valence-corrected chi connectivity index (χ2v) is 7.03. The van der Waals surface area contributed by atoms with Crippen molar-refractivity contribution in [1.29, 1.82) is 5.26 Å². The van der Waals surface area contributed by atoms with Crippen LogP contribution in [-0.4, -0.2) is 20.4 Å². The molecular formula is C20H12F3N5OS. The molecule has 0 spiro atoms. The van der Waals surface area contributed by atoms with Gasteiger partial charge in [0.15, 0.2) is 5.69 Å². The molecule has 4 rings (SSSR count). The van der Waals surface area contributed by atoms with Gasteiger partial charge in [0.1, 0.15) is 29.1 Å². The summed E-state index contributed by atoms with van der Waals surface area (Å²) in [7, 11) is 0. The van der Waals surface area contributed by atoms with Gasteiger partial charge in [0.25, 0.3) is 0 Å². The van der Waals surface area contributed by atoms with E-state index >= 15 is 0 Å². The van der Waals surface area contributed by atoms with Crippen molar-refractivity contribution in [2.45, 2.75) is 12.8 Å². The van der Waals surface area contributed by atoms with Crippen molar-refractivity contribution in [3.8, 4) is 33.6 Å². The summed E-state index contributed by atoms with van der Waals surface area (Å²) in [6.45, 7) is 0.185. The lowest BCUT2D eigenvalue weighted by Gasteiger charge is -2.06. The Bertz CT molecular complexity index is 1210. The lowest BCUT2D eigenvalue weighted by Crippen LogP contribution is -2.03. The first-order valence-electron chi connectivity index (χ1n) is 8.60. The van der Waals surface area contributed by atoms with E-state index in [0.717, 1.165) is 12.1 Å². The number of nitrogens with zero attached hydrogens (tertiary/aromatic N) is 4. The van der Waals surface area contributed by atoms with Crippen molar-refractivity contribution in [2.75, 3.05) is 0 Å². The maximum absolute atomic E-state index is 12.7. The van der Waals surface area contributed by atoms with E-state index in [1.54, 1.807) is 29.6 Å². The Morgan fingerprint density at radius 2 is 1.87 bits per heavy atom. The second-order valence-electron chi connectivity index (χ2n) is 6.17. The highest BCUT2D eigenvalue weighted by atomic mass is 32.1. The van der Waals surface area contributed by atoms with Crippen LogP contribution in [0.25, 0.3) is 21.8 Å². The second kappa shape index (κ2) is 7.96. The molecular weight excluding hydrogens is 415 g/mol. The molecule has 0 amide bonds. The average Bonchev–Trinajstić information content (AvgIpc) is 3.41. The first-order chi connectivity index (χ1) is 14.4. The number of hydrogen-bond acceptors (Lipinski definition) is 6. The first-order valence-corrected chi connectivity index (χ1v) is 9.48. The maximum Gasteiger partial charge on any atom is 0.416 e. The molecule has 4 aromatic rings. The summed E-state index contributed by atoms with van der Waals surface area (Å²) >= 11 is 1.33. The zero-order valence-electron chi connectivity index (χ0n) is 15.1. The summed E-state index contributed by atoms with van der Waals surface area (Å²) in [5.74, 6) is 0.559. The number of nitriles is 1. The van der Waals surface area contributed by atoms with Gasteiger partial charge in [0.05, 0.1) is 11.3 Å². The molecule has 10 heteroatoms. The van der Waals surface area contributed by atoms with Crippen LogP contribution in [0.5, 0.6) is 5.75 Å². The van der Waals surface area contributed by atoms with Crippen LogP contribution >= 0.6 is 11.3 Å². The van der Waals surface area contributed by atoms with E-state index in [4.69, 9.17) is 10.00 Å². The molecule has 30 heavy (non-hydrogen) atoms. The van der Waals surface area contributed by atoms with Crippen molar-refractivity contribution in [3.63, 3.8) is 0 Å². The van der Waals surface area contributed by atoms with Gasteiger partial charge in [-0.15, -0.1) is 16.4 Å². The molecule has 0 aliphatic carbocycles. The quantitative estimate of drug-likeness (QED) is 0.481. The monoisotopic (exact) mass is 427 g/mol. The lowest BCUT2D eigenvalue weighted by molar-refractivity contribution is -0.137. The van der Waals surface area contributed by atoms with Gasteiger partial charge in [-0.25, -0.2) is 4.98 Å². The third-order valence-corrected chi connectivity index (χ3v) is 5.10. The zero-order valence-corrected chi connectivity index (χ0v) is 16.0. The van der Waals surface area contributed by atoms with Crippen LogP contribution in [-0.2, 0) is 12.8 Å². The Labute approximate surface area is 172 Å². The number of alkyl halides is 3. The topological polar surface area (TPSA) is 87.5 Å². The molecule has 2 heterocycles. The molecule has 0 saturated heterocycles. The van der Waals surface area contributed by atoms with Gasteiger partial charge in [-0.2, -0.15) is 28.7 Å². The van der Waals surface area contributed by atoms with Crippen LogP contribution < -0.4 is 4.74 Å². The van der Waals surface area contributed by atoms with Gasteiger partial charge in [0, 0.05) is 16.5 Å². The molecule has 0 saturated carbocycles. The van der Waals surface area contributed by atoms with Crippen molar-refractivity contribution >= 4 is 11.3 Å². The minimum absolute atomic E-state index is 0.185. The molecule has 6 nitrogen and oxygen atoms in total. The summed E-state index contributed by atoms with van der Waals surface area (Å²) in [5.41, 5.74) is 1.87. The van der Waals surface area contributed by atoms with Crippen molar-refractivity contribution < 1.29 is 17.9 Å². The SMILES string of the molecule is N#Cc1n[nH]nc1-c1cccc(OCc2csc(-c3ccc(C(F)(F)F)cc3)n2)c1. The number of aromatic nitrogens is 4. The maximum atomic E-state index is 12.7. The number of nitrogens with one attached hydrogen (secondary N) is 1. The molecule has 0 aliphatic rings. The number of halogens is 3. The predicted octanol–water partition coefficient (Wildman–Crippen LogP) is 5.06. The van der Waals surface area contributed by atoms with E-state index in [1.807, 2.05) is 6.07 Å². The number of hydrogen-bond donors (Lipinski definition) is 1. The fourth-order valence-corrected chi connectivity index (χ4v) is 3.52. The molecule has 0 bridgehead atoms. The van der Waals surface area contributed by atoms with E-state index in [9.17, 15) is 13.2 Å². The number of H-pyrrole nitrogens is 1. The number of benzene rings is 2.